The number of aliphatic hydroxyl groups excluding tert-OH is 1. The van der Waals surface area contributed by atoms with Crippen molar-refractivity contribution in [3.05, 3.63) is 50.4 Å². The lowest BCUT2D eigenvalue weighted by molar-refractivity contribution is 0.278. The number of nitrogens with one attached hydrogen (secondary N) is 1. The van der Waals surface area contributed by atoms with E-state index in [1.807, 2.05) is 28.8 Å². The van der Waals surface area contributed by atoms with E-state index in [0.29, 0.717) is 28.5 Å². The summed E-state index contributed by atoms with van der Waals surface area (Å²) in [5.41, 5.74) is 3.79. The number of nitrogens with zero attached hydrogens (tertiary/aromatic N) is 2. The Balaban J connectivity index is 2.19. The van der Waals surface area contributed by atoms with E-state index in [2.05, 4.69) is 41.2 Å². The van der Waals surface area contributed by atoms with Crippen LogP contribution in [0.25, 0.3) is 11.0 Å². The number of rotatable bonds is 7. The van der Waals surface area contributed by atoms with Gasteiger partial charge in [-0.15, -0.1) is 0 Å². The molecule has 4 nitrogen and oxygen atoms in total. The van der Waals surface area contributed by atoms with E-state index in [-0.39, 0.29) is 6.61 Å². The van der Waals surface area contributed by atoms with Gasteiger partial charge in [0.15, 0.2) is 0 Å². The predicted molar refractivity (Wildman–Crippen MR) is 118 cm³/mol. The SMILES string of the molecule is CCC(CC)c1ccc(Cl)c2nc(Nc3ccc(Cl)cc3Br)n(CCO)c12. The molecule has 0 radical (unpaired) electrons. The molecule has 0 aliphatic heterocycles. The second kappa shape index (κ2) is 8.82. The molecule has 0 atom stereocenters. The Hall–Kier alpha value is -1.27. The fourth-order valence-corrected chi connectivity index (χ4v) is 4.39. The lowest BCUT2D eigenvalue weighted by Gasteiger charge is -2.17. The summed E-state index contributed by atoms with van der Waals surface area (Å²) >= 11 is 16.0. The van der Waals surface area contributed by atoms with E-state index >= 15 is 0 Å². The minimum absolute atomic E-state index is 0.0107. The van der Waals surface area contributed by atoms with Crippen molar-refractivity contribution in [3.8, 4) is 0 Å². The first-order chi connectivity index (χ1) is 13.0. The Morgan fingerprint density at radius 3 is 2.56 bits per heavy atom. The van der Waals surface area contributed by atoms with Crippen LogP contribution in [0, 0.1) is 0 Å². The van der Waals surface area contributed by atoms with Gasteiger partial charge in [-0.05, 0) is 64.5 Å². The molecule has 0 aliphatic carbocycles. The Morgan fingerprint density at radius 2 is 1.93 bits per heavy atom. The Kier molecular flexibility index (Phi) is 6.69. The quantitative estimate of drug-likeness (QED) is 0.401. The van der Waals surface area contributed by atoms with Gasteiger partial charge in [0.05, 0.1) is 22.8 Å². The standard InChI is InChI=1S/C20H22BrCl2N3O/c1-3-12(4-2)14-6-7-16(23)18-19(14)26(9-10-27)20(25-18)24-17-8-5-13(22)11-15(17)21/h5-8,11-12,27H,3-4,9-10H2,1-2H3,(H,24,25). The lowest BCUT2D eigenvalue weighted by Crippen LogP contribution is -2.09. The zero-order chi connectivity index (χ0) is 19.6. The molecule has 0 bridgehead atoms. The molecule has 27 heavy (non-hydrogen) atoms. The van der Waals surface area contributed by atoms with Crippen molar-refractivity contribution in [3.63, 3.8) is 0 Å². The van der Waals surface area contributed by atoms with Gasteiger partial charge in [-0.3, -0.25) is 0 Å². The number of aliphatic hydroxyl groups is 1. The normalized spacial score (nSPS) is 11.5. The van der Waals surface area contributed by atoms with Gasteiger partial charge in [-0.1, -0.05) is 43.1 Å². The van der Waals surface area contributed by atoms with Crippen molar-refractivity contribution in [2.24, 2.45) is 0 Å². The van der Waals surface area contributed by atoms with E-state index in [1.165, 1.54) is 5.56 Å². The number of anilines is 2. The zero-order valence-electron chi connectivity index (χ0n) is 15.3. The number of hydrogen-bond acceptors (Lipinski definition) is 3. The third kappa shape index (κ3) is 4.11. The van der Waals surface area contributed by atoms with Gasteiger partial charge in [0.25, 0.3) is 0 Å². The molecule has 144 valence electrons. The molecule has 1 aromatic heterocycles. The molecule has 3 aromatic rings. The fourth-order valence-electron chi connectivity index (χ4n) is 3.42. The summed E-state index contributed by atoms with van der Waals surface area (Å²) in [6.07, 6.45) is 2.06. The van der Waals surface area contributed by atoms with Crippen molar-refractivity contribution in [2.45, 2.75) is 39.2 Å². The molecular weight excluding hydrogens is 449 g/mol. The van der Waals surface area contributed by atoms with Gasteiger partial charge < -0.3 is 15.0 Å². The van der Waals surface area contributed by atoms with Crippen LogP contribution in [0.3, 0.4) is 0 Å². The highest BCUT2D eigenvalue weighted by molar-refractivity contribution is 9.10. The molecule has 2 aromatic carbocycles. The number of imidazole rings is 1. The van der Waals surface area contributed by atoms with Gasteiger partial charge in [0, 0.05) is 16.0 Å². The zero-order valence-corrected chi connectivity index (χ0v) is 18.4. The Bertz CT molecular complexity index is 954. The van der Waals surface area contributed by atoms with E-state index < -0.39 is 0 Å². The first kappa shape index (κ1) is 20.5. The number of halogens is 3. The van der Waals surface area contributed by atoms with Crippen LogP contribution < -0.4 is 5.32 Å². The summed E-state index contributed by atoms with van der Waals surface area (Å²) < 4.78 is 2.85. The number of aromatic nitrogens is 2. The third-order valence-electron chi connectivity index (χ3n) is 4.80. The van der Waals surface area contributed by atoms with Crippen LogP contribution in [0.4, 0.5) is 11.6 Å². The average Bonchev–Trinajstić information content (AvgIpc) is 3.00. The molecular formula is C20H22BrCl2N3O. The first-order valence-electron chi connectivity index (χ1n) is 9.01. The molecule has 3 rings (SSSR count). The fraction of sp³-hybridized carbons (Fsp3) is 0.350. The first-order valence-corrected chi connectivity index (χ1v) is 10.6. The summed E-state index contributed by atoms with van der Waals surface area (Å²) in [5, 5.41) is 14.3. The van der Waals surface area contributed by atoms with Crippen molar-refractivity contribution in [1.82, 2.24) is 9.55 Å². The Morgan fingerprint density at radius 1 is 1.19 bits per heavy atom. The van der Waals surface area contributed by atoms with Crippen LogP contribution in [-0.4, -0.2) is 21.3 Å². The van der Waals surface area contributed by atoms with Gasteiger partial charge in [-0.2, -0.15) is 0 Å². The highest BCUT2D eigenvalue weighted by Gasteiger charge is 2.20. The van der Waals surface area contributed by atoms with Crippen LogP contribution >= 0.6 is 39.1 Å². The molecule has 2 N–H and O–H groups in total. The summed E-state index contributed by atoms with van der Waals surface area (Å²) in [7, 11) is 0. The molecule has 7 heteroatoms. The van der Waals surface area contributed by atoms with E-state index in [1.54, 1.807) is 0 Å². The molecule has 0 amide bonds. The number of fused-ring (bicyclic) bond motifs is 1. The van der Waals surface area contributed by atoms with E-state index in [4.69, 9.17) is 28.2 Å². The molecule has 0 aliphatic rings. The lowest BCUT2D eigenvalue weighted by atomic mass is 9.93. The van der Waals surface area contributed by atoms with Crippen molar-refractivity contribution in [1.29, 1.82) is 0 Å². The maximum atomic E-state index is 9.66. The van der Waals surface area contributed by atoms with Crippen LogP contribution in [0.5, 0.6) is 0 Å². The van der Waals surface area contributed by atoms with E-state index in [9.17, 15) is 5.11 Å². The molecule has 0 unspecified atom stereocenters. The maximum absolute atomic E-state index is 9.66. The summed E-state index contributed by atoms with van der Waals surface area (Å²) in [4.78, 5) is 4.76. The van der Waals surface area contributed by atoms with Crippen LogP contribution in [0.1, 0.15) is 38.2 Å². The number of benzene rings is 2. The molecule has 0 saturated carbocycles. The maximum Gasteiger partial charge on any atom is 0.208 e. The largest absolute Gasteiger partial charge is 0.395 e. The summed E-state index contributed by atoms with van der Waals surface area (Å²) in [5.74, 6) is 1.05. The van der Waals surface area contributed by atoms with Crippen LogP contribution in [-0.2, 0) is 6.54 Å². The number of hydrogen-bond donors (Lipinski definition) is 2. The van der Waals surface area contributed by atoms with Crippen LogP contribution in [0.2, 0.25) is 10.0 Å². The van der Waals surface area contributed by atoms with Gasteiger partial charge in [0.2, 0.25) is 5.95 Å². The predicted octanol–water partition coefficient (Wildman–Crippen LogP) is 6.75. The summed E-state index contributed by atoms with van der Waals surface area (Å²) in [6.45, 7) is 4.81. The second-order valence-corrected chi connectivity index (χ2v) is 8.11. The van der Waals surface area contributed by atoms with Gasteiger partial charge in [-0.25, -0.2) is 4.98 Å². The van der Waals surface area contributed by atoms with Crippen LogP contribution in [0.15, 0.2) is 34.8 Å². The van der Waals surface area contributed by atoms with Crippen molar-refractivity contribution >= 4 is 61.8 Å². The average molecular weight is 471 g/mol. The Labute approximate surface area is 177 Å². The monoisotopic (exact) mass is 469 g/mol. The summed E-state index contributed by atoms with van der Waals surface area (Å²) in [6, 6.07) is 9.52. The minimum Gasteiger partial charge on any atom is -0.395 e. The highest BCUT2D eigenvalue weighted by Crippen LogP contribution is 2.37. The molecule has 0 fully saturated rings. The van der Waals surface area contributed by atoms with E-state index in [0.717, 1.165) is 34.0 Å². The van der Waals surface area contributed by atoms with Crippen molar-refractivity contribution in [2.75, 3.05) is 11.9 Å². The smallest absolute Gasteiger partial charge is 0.208 e. The van der Waals surface area contributed by atoms with Gasteiger partial charge >= 0.3 is 0 Å². The second-order valence-electron chi connectivity index (χ2n) is 6.41. The minimum atomic E-state index is 0.0107. The third-order valence-corrected chi connectivity index (χ3v) is 6.00. The van der Waals surface area contributed by atoms with Crippen molar-refractivity contribution < 1.29 is 5.11 Å². The molecule has 0 spiro atoms. The highest BCUT2D eigenvalue weighted by atomic mass is 79.9. The topological polar surface area (TPSA) is 50.1 Å². The molecule has 1 heterocycles. The molecule has 0 saturated heterocycles. The van der Waals surface area contributed by atoms with Gasteiger partial charge in [0.1, 0.15) is 5.52 Å².